The van der Waals surface area contributed by atoms with Crippen LogP contribution in [0.3, 0.4) is 0 Å². The second kappa shape index (κ2) is 6.93. The summed E-state index contributed by atoms with van der Waals surface area (Å²) in [5.74, 6) is -1.84. The van der Waals surface area contributed by atoms with E-state index in [0.29, 0.717) is 23.6 Å². The molecule has 2 rings (SSSR count). The summed E-state index contributed by atoms with van der Waals surface area (Å²) in [5.41, 5.74) is 1.29. The molecule has 0 aromatic heterocycles. The number of rotatable bonds is 5. The minimum atomic E-state index is -0.970. The maximum Gasteiger partial charge on any atom is 0.252 e. The van der Waals surface area contributed by atoms with Crippen molar-refractivity contribution >= 4 is 11.6 Å². The molecular formula is C17H18N4O2. The van der Waals surface area contributed by atoms with Crippen molar-refractivity contribution in [2.45, 2.75) is 19.8 Å². The molecule has 23 heavy (non-hydrogen) atoms. The van der Waals surface area contributed by atoms with E-state index in [4.69, 9.17) is 4.74 Å². The van der Waals surface area contributed by atoms with E-state index in [0.717, 1.165) is 0 Å². The number of carbonyl (C=O) groups is 1. The van der Waals surface area contributed by atoms with Gasteiger partial charge in [-0.15, -0.1) is 0 Å². The van der Waals surface area contributed by atoms with E-state index >= 15 is 0 Å². The van der Waals surface area contributed by atoms with E-state index in [9.17, 15) is 15.3 Å². The lowest BCUT2D eigenvalue weighted by atomic mass is 9.75. The molecule has 0 fully saturated rings. The van der Waals surface area contributed by atoms with Crippen LogP contribution in [0, 0.1) is 34.5 Å². The summed E-state index contributed by atoms with van der Waals surface area (Å²) in [7, 11) is 1.53. The van der Waals surface area contributed by atoms with Crippen LogP contribution < -0.4 is 4.74 Å². The van der Waals surface area contributed by atoms with Crippen molar-refractivity contribution in [3.63, 3.8) is 0 Å². The molecule has 6 heteroatoms. The Balaban J connectivity index is 2.57. The van der Waals surface area contributed by atoms with Crippen LogP contribution in [0.5, 0.6) is 5.75 Å². The van der Waals surface area contributed by atoms with E-state index in [1.54, 1.807) is 25.1 Å². The summed E-state index contributed by atoms with van der Waals surface area (Å²) < 4.78 is 5.37. The summed E-state index contributed by atoms with van der Waals surface area (Å²) in [6.45, 7) is 4.04. The van der Waals surface area contributed by atoms with Gasteiger partial charge in [0.2, 0.25) is 0 Å². The molecule has 2 unspecified atom stereocenters. The number of hydrogen-bond acceptors (Lipinski definition) is 5. The molecule has 1 aliphatic heterocycles. The van der Waals surface area contributed by atoms with Gasteiger partial charge >= 0.3 is 0 Å². The molecule has 0 N–H and O–H groups in total. The molecule has 0 saturated carbocycles. The zero-order valence-electron chi connectivity index (χ0n) is 13.4. The molecule has 1 aliphatic rings. The van der Waals surface area contributed by atoms with Gasteiger partial charge in [0.05, 0.1) is 25.2 Å². The second-order valence-corrected chi connectivity index (χ2v) is 5.28. The summed E-state index contributed by atoms with van der Waals surface area (Å²) in [6.07, 6.45) is 0. The molecule has 0 spiro atoms. The third-order valence-corrected chi connectivity index (χ3v) is 4.04. The normalized spacial score (nSPS) is 18.3. The first-order valence-electron chi connectivity index (χ1n) is 7.37. The highest BCUT2D eigenvalue weighted by Gasteiger charge is 2.44. The number of hydrogen-bond donors (Lipinski definition) is 0. The molecule has 2 atom stereocenters. The second-order valence-electron chi connectivity index (χ2n) is 5.28. The Morgan fingerprint density at radius 3 is 2.52 bits per heavy atom. The minimum absolute atomic E-state index is 0.184. The highest BCUT2D eigenvalue weighted by atomic mass is 16.5. The van der Waals surface area contributed by atoms with Crippen LogP contribution in [0.15, 0.2) is 29.4 Å². The van der Waals surface area contributed by atoms with Gasteiger partial charge in [0.15, 0.2) is 0 Å². The van der Waals surface area contributed by atoms with Crippen LogP contribution in [-0.2, 0) is 4.79 Å². The van der Waals surface area contributed by atoms with Crippen molar-refractivity contribution in [1.82, 2.24) is 5.01 Å². The van der Waals surface area contributed by atoms with Gasteiger partial charge < -0.3 is 4.74 Å². The fourth-order valence-corrected chi connectivity index (χ4v) is 2.96. The van der Waals surface area contributed by atoms with E-state index in [-0.39, 0.29) is 5.91 Å². The lowest BCUT2D eigenvalue weighted by molar-refractivity contribution is -0.132. The Morgan fingerprint density at radius 1 is 1.35 bits per heavy atom. The van der Waals surface area contributed by atoms with Gasteiger partial charge in [0, 0.05) is 23.7 Å². The minimum Gasteiger partial charge on any atom is -0.496 e. The number of amides is 1. The fraction of sp³-hybridized carbons (Fsp3) is 0.412. The molecule has 1 aromatic carbocycles. The molecule has 0 bridgehead atoms. The van der Waals surface area contributed by atoms with Crippen molar-refractivity contribution < 1.29 is 9.53 Å². The first-order chi connectivity index (χ1) is 11.1. The van der Waals surface area contributed by atoms with Crippen molar-refractivity contribution in [2.75, 3.05) is 13.7 Å². The third-order valence-electron chi connectivity index (χ3n) is 4.04. The number of para-hydroxylation sites is 1. The van der Waals surface area contributed by atoms with Crippen LogP contribution >= 0.6 is 0 Å². The Bertz CT molecular complexity index is 700. The molecular weight excluding hydrogens is 292 g/mol. The Kier molecular flexibility index (Phi) is 4.98. The predicted octanol–water partition coefficient (Wildman–Crippen LogP) is 2.30. The zero-order valence-corrected chi connectivity index (χ0v) is 13.4. The van der Waals surface area contributed by atoms with Gasteiger partial charge in [-0.3, -0.25) is 4.79 Å². The topological polar surface area (TPSA) is 89.5 Å². The highest BCUT2D eigenvalue weighted by molar-refractivity contribution is 6.07. The third kappa shape index (κ3) is 2.89. The largest absolute Gasteiger partial charge is 0.496 e. The fourth-order valence-electron chi connectivity index (χ4n) is 2.96. The van der Waals surface area contributed by atoms with Crippen LogP contribution in [0.2, 0.25) is 0 Å². The van der Waals surface area contributed by atoms with Crippen molar-refractivity contribution in [2.24, 2.45) is 16.9 Å². The van der Waals surface area contributed by atoms with Crippen LogP contribution in [0.4, 0.5) is 0 Å². The molecule has 0 aliphatic carbocycles. The van der Waals surface area contributed by atoms with Gasteiger partial charge in [-0.1, -0.05) is 18.2 Å². The van der Waals surface area contributed by atoms with Crippen LogP contribution in [-0.4, -0.2) is 30.3 Å². The van der Waals surface area contributed by atoms with Gasteiger partial charge in [-0.25, -0.2) is 5.01 Å². The summed E-state index contributed by atoms with van der Waals surface area (Å²) in [6, 6.07) is 11.2. The average Bonchev–Trinajstić information content (AvgIpc) is 2.86. The standard InChI is InChI=1S/C17H18N4O2/c1-4-21-17(22)15(11(2)20-21)16(12(9-18)10-19)13-7-5-6-8-14(13)23-3/h5-8,12,15-16H,4H2,1-3H3. The van der Waals surface area contributed by atoms with Crippen LogP contribution in [0.25, 0.3) is 0 Å². The maximum atomic E-state index is 12.6. The molecule has 0 saturated heterocycles. The number of nitriles is 2. The van der Waals surface area contributed by atoms with Gasteiger partial charge in [0.1, 0.15) is 11.7 Å². The SMILES string of the molecule is CCN1N=C(C)C(C(c2ccccc2OC)C(C#N)C#N)C1=O. The lowest BCUT2D eigenvalue weighted by Gasteiger charge is -2.25. The van der Waals surface area contributed by atoms with Crippen molar-refractivity contribution in [3.05, 3.63) is 29.8 Å². The zero-order chi connectivity index (χ0) is 17.0. The lowest BCUT2D eigenvalue weighted by Crippen LogP contribution is -2.34. The van der Waals surface area contributed by atoms with Gasteiger partial charge in [0.25, 0.3) is 5.91 Å². The van der Waals surface area contributed by atoms with Gasteiger partial charge in [-0.05, 0) is 19.9 Å². The Labute approximate surface area is 135 Å². The highest BCUT2D eigenvalue weighted by Crippen LogP contribution is 2.40. The first kappa shape index (κ1) is 16.5. The monoisotopic (exact) mass is 310 g/mol. The Hall–Kier alpha value is -2.86. The average molecular weight is 310 g/mol. The smallest absolute Gasteiger partial charge is 0.252 e. The number of nitrogens with zero attached hydrogens (tertiary/aromatic N) is 4. The summed E-state index contributed by atoms with van der Waals surface area (Å²) in [5, 5.41) is 24.4. The maximum absolute atomic E-state index is 12.6. The van der Waals surface area contributed by atoms with Crippen molar-refractivity contribution in [1.29, 1.82) is 10.5 Å². The molecule has 1 aromatic rings. The summed E-state index contributed by atoms with van der Waals surface area (Å²) in [4.78, 5) is 12.6. The molecule has 6 nitrogen and oxygen atoms in total. The first-order valence-corrected chi connectivity index (χ1v) is 7.37. The number of benzene rings is 1. The molecule has 0 radical (unpaired) electrons. The number of ether oxygens (including phenoxy) is 1. The predicted molar refractivity (Wildman–Crippen MR) is 84.4 cm³/mol. The summed E-state index contributed by atoms with van der Waals surface area (Å²) >= 11 is 0. The number of carbonyl (C=O) groups excluding carboxylic acids is 1. The Morgan fingerprint density at radius 2 is 2.00 bits per heavy atom. The van der Waals surface area contributed by atoms with E-state index in [1.165, 1.54) is 12.1 Å². The van der Waals surface area contributed by atoms with Crippen molar-refractivity contribution in [3.8, 4) is 17.9 Å². The van der Waals surface area contributed by atoms with Crippen LogP contribution in [0.1, 0.15) is 25.3 Å². The van der Waals surface area contributed by atoms with Gasteiger partial charge in [-0.2, -0.15) is 15.6 Å². The van der Waals surface area contributed by atoms with E-state index in [2.05, 4.69) is 5.10 Å². The number of hydrazone groups is 1. The molecule has 1 heterocycles. The molecule has 118 valence electrons. The quantitative estimate of drug-likeness (QED) is 0.834. The number of methoxy groups -OCH3 is 1. The van der Waals surface area contributed by atoms with E-state index in [1.807, 2.05) is 25.1 Å². The molecule has 1 amide bonds. The van der Waals surface area contributed by atoms with E-state index < -0.39 is 17.8 Å².